The summed E-state index contributed by atoms with van der Waals surface area (Å²) in [5.41, 5.74) is 6.87. The van der Waals surface area contributed by atoms with Crippen molar-refractivity contribution in [1.29, 1.82) is 0 Å². The summed E-state index contributed by atoms with van der Waals surface area (Å²) >= 11 is 0. The summed E-state index contributed by atoms with van der Waals surface area (Å²) in [5, 5.41) is 0. The average Bonchev–Trinajstić information content (AvgIpc) is 1.98. The first-order chi connectivity index (χ1) is 6.74. The fraction of sp³-hybridized carbons (Fsp3) is 0.857. The Hall–Kier alpha value is -0.300. The van der Waals surface area contributed by atoms with Crippen molar-refractivity contribution in [2.24, 2.45) is 22.0 Å². The zero-order valence-electron chi connectivity index (χ0n) is 10.9. The Balaban J connectivity index is 2.94. The molecule has 1 heteroatoms. The van der Waals surface area contributed by atoms with E-state index in [1.807, 2.05) is 0 Å². The van der Waals surface area contributed by atoms with Crippen LogP contribution in [0.5, 0.6) is 0 Å². The SMILES string of the molecule is C=CC1(CCN)CC(C)(C)CC(C)(C)C1. The third-order valence-corrected chi connectivity index (χ3v) is 3.69. The van der Waals surface area contributed by atoms with Gasteiger partial charge in [0.2, 0.25) is 0 Å². The van der Waals surface area contributed by atoms with Gasteiger partial charge in [0, 0.05) is 0 Å². The maximum atomic E-state index is 5.75. The molecule has 15 heavy (non-hydrogen) atoms. The molecule has 0 atom stereocenters. The van der Waals surface area contributed by atoms with E-state index in [9.17, 15) is 0 Å². The fourth-order valence-corrected chi connectivity index (χ4v) is 4.10. The largest absolute Gasteiger partial charge is 0.330 e. The van der Waals surface area contributed by atoms with Crippen LogP contribution in [0.25, 0.3) is 0 Å². The van der Waals surface area contributed by atoms with Crippen molar-refractivity contribution in [1.82, 2.24) is 0 Å². The predicted octanol–water partition coefficient (Wildman–Crippen LogP) is 3.74. The second-order valence-electron chi connectivity index (χ2n) is 6.96. The molecule has 0 aliphatic heterocycles. The number of hydrogen-bond donors (Lipinski definition) is 1. The Kier molecular flexibility index (Phi) is 3.35. The zero-order chi connectivity index (χ0) is 11.7. The quantitative estimate of drug-likeness (QED) is 0.704. The highest BCUT2D eigenvalue weighted by atomic mass is 14.6. The Labute approximate surface area is 95.1 Å². The molecule has 0 radical (unpaired) electrons. The molecule has 2 N–H and O–H groups in total. The van der Waals surface area contributed by atoms with Crippen LogP contribution in [0.4, 0.5) is 0 Å². The van der Waals surface area contributed by atoms with E-state index in [1.54, 1.807) is 0 Å². The van der Waals surface area contributed by atoms with E-state index in [0.29, 0.717) is 10.8 Å². The molecule has 1 fully saturated rings. The molecule has 88 valence electrons. The van der Waals surface area contributed by atoms with Crippen molar-refractivity contribution in [3.05, 3.63) is 12.7 Å². The second kappa shape index (κ2) is 3.93. The van der Waals surface area contributed by atoms with Gasteiger partial charge in [0.25, 0.3) is 0 Å². The lowest BCUT2D eigenvalue weighted by atomic mass is 9.54. The molecule has 1 rings (SSSR count). The molecule has 0 heterocycles. The standard InChI is InChI=1S/C14H27N/c1-6-14(7-8-15)10-12(2,3)9-13(4,5)11-14/h6H,1,7-11,15H2,2-5H3. The summed E-state index contributed by atoms with van der Waals surface area (Å²) in [6.45, 7) is 14.3. The van der Waals surface area contributed by atoms with E-state index in [2.05, 4.69) is 40.3 Å². The molecule has 0 saturated heterocycles. The zero-order valence-corrected chi connectivity index (χ0v) is 10.9. The highest BCUT2D eigenvalue weighted by molar-refractivity contribution is 5.05. The summed E-state index contributed by atoms with van der Waals surface area (Å²) in [4.78, 5) is 0. The highest BCUT2D eigenvalue weighted by Gasteiger charge is 2.45. The van der Waals surface area contributed by atoms with Gasteiger partial charge in [0.15, 0.2) is 0 Å². The molecule has 0 aromatic carbocycles. The number of hydrogen-bond acceptors (Lipinski definition) is 1. The topological polar surface area (TPSA) is 26.0 Å². The van der Waals surface area contributed by atoms with Crippen LogP contribution in [-0.2, 0) is 0 Å². The number of rotatable bonds is 3. The van der Waals surface area contributed by atoms with Crippen molar-refractivity contribution in [2.75, 3.05) is 6.54 Å². The van der Waals surface area contributed by atoms with Crippen LogP contribution in [-0.4, -0.2) is 6.54 Å². The van der Waals surface area contributed by atoms with Crippen molar-refractivity contribution >= 4 is 0 Å². The van der Waals surface area contributed by atoms with Crippen molar-refractivity contribution in [3.63, 3.8) is 0 Å². The molecule has 1 nitrogen and oxygen atoms in total. The summed E-state index contributed by atoms with van der Waals surface area (Å²) in [6, 6.07) is 0. The van der Waals surface area contributed by atoms with E-state index in [1.165, 1.54) is 19.3 Å². The van der Waals surface area contributed by atoms with Crippen molar-refractivity contribution in [2.45, 2.75) is 53.4 Å². The molecule has 1 aliphatic rings. The molecular weight excluding hydrogens is 182 g/mol. The van der Waals surface area contributed by atoms with E-state index in [-0.39, 0.29) is 5.41 Å². The Bertz CT molecular complexity index is 222. The van der Waals surface area contributed by atoms with Gasteiger partial charge in [-0.1, -0.05) is 33.8 Å². The minimum absolute atomic E-state index is 0.278. The number of allylic oxidation sites excluding steroid dienone is 1. The molecule has 0 aromatic heterocycles. The minimum Gasteiger partial charge on any atom is -0.330 e. The van der Waals surface area contributed by atoms with Gasteiger partial charge in [0.1, 0.15) is 0 Å². The first-order valence-corrected chi connectivity index (χ1v) is 6.08. The van der Waals surface area contributed by atoms with Gasteiger partial charge in [0.05, 0.1) is 0 Å². The van der Waals surface area contributed by atoms with E-state index in [0.717, 1.165) is 13.0 Å². The summed E-state index contributed by atoms with van der Waals surface area (Å²) < 4.78 is 0. The van der Waals surface area contributed by atoms with Gasteiger partial charge in [-0.2, -0.15) is 0 Å². The normalized spacial score (nSPS) is 27.3. The van der Waals surface area contributed by atoms with Crippen LogP contribution in [0, 0.1) is 16.2 Å². The van der Waals surface area contributed by atoms with Crippen LogP contribution in [0.2, 0.25) is 0 Å². The molecule has 0 aromatic rings. The smallest absolute Gasteiger partial charge is 0.00690 e. The molecule has 0 amide bonds. The third kappa shape index (κ3) is 3.07. The van der Waals surface area contributed by atoms with E-state index >= 15 is 0 Å². The lowest BCUT2D eigenvalue weighted by molar-refractivity contribution is 0.0232. The van der Waals surface area contributed by atoms with Gasteiger partial charge < -0.3 is 5.73 Å². The van der Waals surface area contributed by atoms with Gasteiger partial charge in [-0.25, -0.2) is 0 Å². The molecular formula is C14H27N. The van der Waals surface area contributed by atoms with Crippen LogP contribution >= 0.6 is 0 Å². The molecule has 1 saturated carbocycles. The lowest BCUT2D eigenvalue weighted by Crippen LogP contribution is -2.41. The van der Waals surface area contributed by atoms with E-state index < -0.39 is 0 Å². The van der Waals surface area contributed by atoms with Crippen LogP contribution in [0.1, 0.15) is 53.4 Å². The summed E-state index contributed by atoms with van der Waals surface area (Å²) in [6.07, 6.45) is 7.04. The third-order valence-electron chi connectivity index (χ3n) is 3.69. The van der Waals surface area contributed by atoms with Crippen LogP contribution in [0.3, 0.4) is 0 Å². The average molecular weight is 209 g/mol. The Morgan fingerprint density at radius 1 is 1.07 bits per heavy atom. The summed E-state index contributed by atoms with van der Waals surface area (Å²) in [5.74, 6) is 0. The molecule has 0 bridgehead atoms. The van der Waals surface area contributed by atoms with Crippen molar-refractivity contribution < 1.29 is 0 Å². The highest BCUT2D eigenvalue weighted by Crippen LogP contribution is 2.55. The molecule has 1 aliphatic carbocycles. The Morgan fingerprint density at radius 3 is 1.87 bits per heavy atom. The monoisotopic (exact) mass is 209 g/mol. The van der Waals surface area contributed by atoms with Gasteiger partial charge in [-0.15, -0.1) is 6.58 Å². The fourth-order valence-electron chi connectivity index (χ4n) is 4.10. The Morgan fingerprint density at radius 2 is 1.53 bits per heavy atom. The van der Waals surface area contributed by atoms with Crippen molar-refractivity contribution in [3.8, 4) is 0 Å². The van der Waals surface area contributed by atoms with Gasteiger partial charge >= 0.3 is 0 Å². The van der Waals surface area contributed by atoms with Crippen LogP contribution < -0.4 is 5.73 Å². The maximum absolute atomic E-state index is 5.75. The molecule has 0 spiro atoms. The van der Waals surface area contributed by atoms with Gasteiger partial charge in [-0.3, -0.25) is 0 Å². The first-order valence-electron chi connectivity index (χ1n) is 6.08. The second-order valence-corrected chi connectivity index (χ2v) is 6.96. The predicted molar refractivity (Wildman–Crippen MR) is 67.7 cm³/mol. The maximum Gasteiger partial charge on any atom is -0.00690 e. The summed E-state index contributed by atoms with van der Waals surface area (Å²) in [7, 11) is 0. The first kappa shape index (κ1) is 12.8. The number of nitrogens with two attached hydrogens (primary N) is 1. The van der Waals surface area contributed by atoms with Crippen LogP contribution in [0.15, 0.2) is 12.7 Å². The molecule has 0 unspecified atom stereocenters. The minimum atomic E-state index is 0.278. The van der Waals surface area contributed by atoms with E-state index in [4.69, 9.17) is 5.73 Å². The lowest BCUT2D eigenvalue weighted by Gasteiger charge is -2.51. The van der Waals surface area contributed by atoms with Gasteiger partial charge in [-0.05, 0) is 48.5 Å².